The van der Waals surface area contributed by atoms with Crippen molar-refractivity contribution in [1.29, 1.82) is 0 Å². The standard InChI is InChI=1S/C18H23N/c1-12-9-10-16(11-14(12)3)18(5,19)17-8-6-7-13(2)15(17)4/h6-11H,19H2,1-5H3. The lowest BCUT2D eigenvalue weighted by molar-refractivity contribution is 0.597. The molecule has 0 fully saturated rings. The first kappa shape index (κ1) is 13.8. The third-order valence-electron chi connectivity index (χ3n) is 4.27. The molecule has 0 saturated carbocycles. The van der Waals surface area contributed by atoms with Gasteiger partial charge in [0.15, 0.2) is 0 Å². The molecule has 0 aliphatic carbocycles. The molecule has 1 atom stereocenters. The van der Waals surface area contributed by atoms with Gasteiger partial charge in [-0.3, -0.25) is 0 Å². The van der Waals surface area contributed by atoms with Crippen LogP contribution in [-0.4, -0.2) is 0 Å². The molecule has 0 amide bonds. The summed E-state index contributed by atoms with van der Waals surface area (Å²) in [4.78, 5) is 0. The minimum atomic E-state index is -0.450. The van der Waals surface area contributed by atoms with Crippen molar-refractivity contribution in [3.8, 4) is 0 Å². The molecule has 2 aromatic rings. The maximum atomic E-state index is 6.65. The van der Waals surface area contributed by atoms with Crippen LogP contribution in [0.5, 0.6) is 0 Å². The Bertz CT molecular complexity index is 609. The Labute approximate surface area is 116 Å². The van der Waals surface area contributed by atoms with Gasteiger partial charge in [0.05, 0.1) is 5.54 Å². The Morgan fingerprint density at radius 3 is 2.16 bits per heavy atom. The molecular formula is C18H23N. The fourth-order valence-electron chi connectivity index (χ4n) is 2.53. The van der Waals surface area contributed by atoms with Gasteiger partial charge in [0, 0.05) is 0 Å². The summed E-state index contributed by atoms with van der Waals surface area (Å²) in [5.74, 6) is 0. The molecule has 0 saturated heterocycles. The zero-order valence-corrected chi connectivity index (χ0v) is 12.5. The van der Waals surface area contributed by atoms with E-state index in [2.05, 4.69) is 71.0 Å². The molecule has 1 unspecified atom stereocenters. The lowest BCUT2D eigenvalue weighted by Crippen LogP contribution is -2.35. The number of benzene rings is 2. The van der Waals surface area contributed by atoms with E-state index in [4.69, 9.17) is 5.73 Å². The molecule has 0 bridgehead atoms. The third kappa shape index (κ3) is 2.43. The van der Waals surface area contributed by atoms with E-state index in [0.29, 0.717) is 0 Å². The van der Waals surface area contributed by atoms with Crippen LogP contribution in [0.3, 0.4) is 0 Å². The van der Waals surface area contributed by atoms with Crippen molar-refractivity contribution < 1.29 is 0 Å². The maximum absolute atomic E-state index is 6.65. The van der Waals surface area contributed by atoms with Crippen LogP contribution in [0, 0.1) is 27.7 Å². The van der Waals surface area contributed by atoms with Crippen molar-refractivity contribution in [1.82, 2.24) is 0 Å². The van der Waals surface area contributed by atoms with E-state index in [1.807, 2.05) is 0 Å². The van der Waals surface area contributed by atoms with Crippen LogP contribution in [-0.2, 0) is 5.54 Å². The molecule has 0 heterocycles. The normalized spacial score (nSPS) is 14.2. The van der Waals surface area contributed by atoms with Crippen LogP contribution >= 0.6 is 0 Å². The van der Waals surface area contributed by atoms with Crippen molar-refractivity contribution in [2.45, 2.75) is 40.2 Å². The van der Waals surface area contributed by atoms with Crippen LogP contribution in [0.1, 0.15) is 40.3 Å². The summed E-state index contributed by atoms with van der Waals surface area (Å²) in [7, 11) is 0. The molecule has 0 aromatic heterocycles. The SMILES string of the molecule is Cc1ccc(C(C)(N)c2cccc(C)c2C)cc1C. The Morgan fingerprint density at radius 2 is 1.53 bits per heavy atom. The summed E-state index contributed by atoms with van der Waals surface area (Å²) < 4.78 is 0. The fourth-order valence-corrected chi connectivity index (χ4v) is 2.53. The summed E-state index contributed by atoms with van der Waals surface area (Å²) in [6.45, 7) is 10.6. The van der Waals surface area contributed by atoms with Gasteiger partial charge in [0.25, 0.3) is 0 Å². The van der Waals surface area contributed by atoms with Crippen LogP contribution in [0.4, 0.5) is 0 Å². The molecule has 2 aromatic carbocycles. The predicted octanol–water partition coefficient (Wildman–Crippen LogP) is 4.14. The molecule has 19 heavy (non-hydrogen) atoms. The Balaban J connectivity index is 2.58. The van der Waals surface area contributed by atoms with Gasteiger partial charge in [-0.25, -0.2) is 0 Å². The van der Waals surface area contributed by atoms with Gasteiger partial charge < -0.3 is 5.73 Å². The zero-order chi connectivity index (χ0) is 14.2. The second-order valence-electron chi connectivity index (χ2n) is 5.75. The van der Waals surface area contributed by atoms with Crippen molar-refractivity contribution in [2.75, 3.05) is 0 Å². The smallest absolute Gasteiger partial charge is 0.0639 e. The van der Waals surface area contributed by atoms with Gasteiger partial charge in [0.1, 0.15) is 0 Å². The molecule has 2 rings (SSSR count). The predicted molar refractivity (Wildman–Crippen MR) is 82.5 cm³/mol. The highest BCUT2D eigenvalue weighted by atomic mass is 14.7. The highest BCUT2D eigenvalue weighted by Gasteiger charge is 2.26. The molecular weight excluding hydrogens is 230 g/mol. The van der Waals surface area contributed by atoms with E-state index >= 15 is 0 Å². The first-order valence-electron chi connectivity index (χ1n) is 6.77. The fraction of sp³-hybridized carbons (Fsp3) is 0.333. The van der Waals surface area contributed by atoms with E-state index in [0.717, 1.165) is 0 Å². The average Bonchev–Trinajstić information content (AvgIpc) is 2.35. The van der Waals surface area contributed by atoms with Crippen LogP contribution in [0.2, 0.25) is 0 Å². The van der Waals surface area contributed by atoms with Gasteiger partial charge in [-0.15, -0.1) is 0 Å². The number of nitrogens with two attached hydrogens (primary N) is 1. The van der Waals surface area contributed by atoms with Crippen molar-refractivity contribution in [3.63, 3.8) is 0 Å². The minimum Gasteiger partial charge on any atom is -0.318 e. The number of rotatable bonds is 2. The minimum absolute atomic E-state index is 0.450. The van der Waals surface area contributed by atoms with Gasteiger partial charge in [-0.2, -0.15) is 0 Å². The van der Waals surface area contributed by atoms with Crippen molar-refractivity contribution in [3.05, 3.63) is 69.8 Å². The quantitative estimate of drug-likeness (QED) is 0.855. The lowest BCUT2D eigenvalue weighted by atomic mass is 9.81. The second-order valence-corrected chi connectivity index (χ2v) is 5.75. The van der Waals surface area contributed by atoms with E-state index in [9.17, 15) is 0 Å². The van der Waals surface area contributed by atoms with Crippen LogP contribution < -0.4 is 5.73 Å². The molecule has 1 heteroatoms. The summed E-state index contributed by atoms with van der Waals surface area (Å²) >= 11 is 0. The Morgan fingerprint density at radius 1 is 0.842 bits per heavy atom. The third-order valence-corrected chi connectivity index (χ3v) is 4.27. The Kier molecular flexibility index (Phi) is 3.51. The summed E-state index contributed by atoms with van der Waals surface area (Å²) in [6.07, 6.45) is 0. The first-order chi connectivity index (χ1) is 8.84. The topological polar surface area (TPSA) is 26.0 Å². The number of hydrogen-bond donors (Lipinski definition) is 1. The van der Waals surface area contributed by atoms with E-state index < -0.39 is 5.54 Å². The van der Waals surface area contributed by atoms with Crippen molar-refractivity contribution in [2.24, 2.45) is 5.73 Å². The van der Waals surface area contributed by atoms with E-state index in [1.54, 1.807) is 0 Å². The summed E-state index contributed by atoms with van der Waals surface area (Å²) in [5.41, 5.74) is 13.7. The molecule has 0 radical (unpaired) electrons. The zero-order valence-electron chi connectivity index (χ0n) is 12.5. The highest BCUT2D eigenvalue weighted by molar-refractivity contribution is 5.46. The first-order valence-corrected chi connectivity index (χ1v) is 6.77. The molecule has 2 N–H and O–H groups in total. The van der Waals surface area contributed by atoms with E-state index in [-0.39, 0.29) is 0 Å². The monoisotopic (exact) mass is 253 g/mol. The highest BCUT2D eigenvalue weighted by Crippen LogP contribution is 2.31. The second kappa shape index (κ2) is 4.82. The molecule has 100 valence electrons. The summed E-state index contributed by atoms with van der Waals surface area (Å²) in [6, 6.07) is 12.9. The molecule has 0 aliphatic heterocycles. The van der Waals surface area contributed by atoms with Gasteiger partial charge in [-0.1, -0.05) is 36.4 Å². The molecule has 1 nitrogen and oxygen atoms in total. The summed E-state index contributed by atoms with van der Waals surface area (Å²) in [5, 5.41) is 0. The molecule has 0 aliphatic rings. The number of aryl methyl sites for hydroxylation is 3. The van der Waals surface area contributed by atoms with Crippen LogP contribution in [0.25, 0.3) is 0 Å². The van der Waals surface area contributed by atoms with Crippen molar-refractivity contribution >= 4 is 0 Å². The maximum Gasteiger partial charge on any atom is 0.0639 e. The number of hydrogen-bond acceptors (Lipinski definition) is 1. The lowest BCUT2D eigenvalue weighted by Gasteiger charge is -2.29. The van der Waals surface area contributed by atoms with Gasteiger partial charge in [-0.05, 0) is 68.0 Å². The van der Waals surface area contributed by atoms with E-state index in [1.165, 1.54) is 33.4 Å². The van der Waals surface area contributed by atoms with Crippen LogP contribution in [0.15, 0.2) is 36.4 Å². The van der Waals surface area contributed by atoms with Gasteiger partial charge in [0.2, 0.25) is 0 Å². The average molecular weight is 253 g/mol. The Hall–Kier alpha value is -1.60. The van der Waals surface area contributed by atoms with Gasteiger partial charge >= 0.3 is 0 Å². The largest absolute Gasteiger partial charge is 0.318 e. The molecule has 0 spiro atoms.